The molecule has 1 aromatic carbocycles. The van der Waals surface area contributed by atoms with Crippen molar-refractivity contribution in [2.24, 2.45) is 0 Å². The van der Waals surface area contributed by atoms with Crippen molar-refractivity contribution in [3.8, 4) is 0 Å². The van der Waals surface area contributed by atoms with E-state index in [1.807, 2.05) is 0 Å². The molecule has 2 heterocycles. The fourth-order valence-electron chi connectivity index (χ4n) is 2.61. The highest BCUT2D eigenvalue weighted by Crippen LogP contribution is 2.19. The molecule has 3 aromatic rings. The molecule has 3 rings (SSSR count). The molecule has 130 valence electrons. The number of rotatable bonds is 6. The Balaban J connectivity index is 1.72. The summed E-state index contributed by atoms with van der Waals surface area (Å²) in [5, 5.41) is 8.50. The maximum absolute atomic E-state index is 5.75. The van der Waals surface area contributed by atoms with Gasteiger partial charge in [-0.25, -0.2) is 0 Å². The van der Waals surface area contributed by atoms with Crippen LogP contribution in [0.4, 0.5) is 5.69 Å². The van der Waals surface area contributed by atoms with Gasteiger partial charge in [0.25, 0.3) is 0 Å². The molecule has 1 N–H and O–H groups in total. The van der Waals surface area contributed by atoms with Gasteiger partial charge in [-0.1, -0.05) is 24.3 Å². The van der Waals surface area contributed by atoms with Gasteiger partial charge in [-0.2, -0.15) is 0 Å². The predicted octanol–water partition coefficient (Wildman–Crippen LogP) is 5.87. The quantitative estimate of drug-likeness (QED) is 0.534. The lowest BCUT2D eigenvalue weighted by Gasteiger charge is -2.26. The van der Waals surface area contributed by atoms with Crippen LogP contribution in [0.1, 0.15) is 20.9 Å². The van der Waals surface area contributed by atoms with Crippen molar-refractivity contribution in [1.29, 1.82) is 0 Å². The molecule has 0 radical (unpaired) electrons. The van der Waals surface area contributed by atoms with Crippen molar-refractivity contribution < 1.29 is 0 Å². The normalized spacial score (nSPS) is 10.6. The van der Waals surface area contributed by atoms with Crippen LogP contribution < -0.4 is 5.32 Å². The SMILES string of the molecule is Cc1ccc(C)c(NC(=S)N(CCc2cccs2)Cc2cccs2)c1. The minimum atomic E-state index is 0.790. The van der Waals surface area contributed by atoms with Gasteiger partial charge in [-0.15, -0.1) is 22.7 Å². The third kappa shape index (κ3) is 5.14. The van der Waals surface area contributed by atoms with Gasteiger partial charge < -0.3 is 10.2 Å². The van der Waals surface area contributed by atoms with E-state index in [9.17, 15) is 0 Å². The Hall–Kier alpha value is -1.69. The number of anilines is 1. The summed E-state index contributed by atoms with van der Waals surface area (Å²) in [4.78, 5) is 4.99. The summed E-state index contributed by atoms with van der Waals surface area (Å²) in [5.41, 5.74) is 3.54. The fourth-order valence-corrected chi connectivity index (χ4v) is 4.29. The summed E-state index contributed by atoms with van der Waals surface area (Å²) >= 11 is 9.33. The highest BCUT2D eigenvalue weighted by Gasteiger charge is 2.13. The molecule has 0 fully saturated rings. The first-order chi connectivity index (χ1) is 12.1. The van der Waals surface area contributed by atoms with Crippen molar-refractivity contribution in [3.63, 3.8) is 0 Å². The lowest BCUT2D eigenvalue weighted by Crippen LogP contribution is -2.35. The summed E-state index contributed by atoms with van der Waals surface area (Å²) < 4.78 is 0. The van der Waals surface area contributed by atoms with Gasteiger partial charge in [0, 0.05) is 22.0 Å². The molecule has 0 atom stereocenters. The highest BCUT2D eigenvalue weighted by atomic mass is 32.1. The van der Waals surface area contributed by atoms with Gasteiger partial charge in [0.05, 0.1) is 6.54 Å². The van der Waals surface area contributed by atoms with Crippen LogP contribution in [0.25, 0.3) is 0 Å². The number of benzene rings is 1. The third-order valence-electron chi connectivity index (χ3n) is 4.06. The Labute approximate surface area is 163 Å². The molecule has 5 heteroatoms. The Bertz CT molecular complexity index is 808. The lowest BCUT2D eigenvalue weighted by atomic mass is 10.1. The summed E-state index contributed by atoms with van der Waals surface area (Å²) in [7, 11) is 0. The van der Waals surface area contributed by atoms with Gasteiger partial charge in [-0.05, 0) is 72.6 Å². The van der Waals surface area contributed by atoms with Crippen molar-refractivity contribution in [3.05, 3.63) is 74.1 Å². The zero-order valence-corrected chi connectivity index (χ0v) is 16.9. The summed E-state index contributed by atoms with van der Waals surface area (Å²) in [6.45, 7) is 5.97. The fraction of sp³-hybridized carbons (Fsp3) is 0.250. The Morgan fingerprint density at radius 1 is 1.04 bits per heavy atom. The zero-order chi connectivity index (χ0) is 17.6. The Kier molecular flexibility index (Phi) is 6.24. The van der Waals surface area contributed by atoms with Gasteiger partial charge in [0.15, 0.2) is 5.11 Å². The van der Waals surface area contributed by atoms with Crippen LogP contribution in [-0.2, 0) is 13.0 Å². The Morgan fingerprint density at radius 2 is 1.76 bits per heavy atom. The molecular formula is C20H22N2S3. The summed E-state index contributed by atoms with van der Waals surface area (Å²) in [5.74, 6) is 0. The minimum absolute atomic E-state index is 0.790. The Morgan fingerprint density at radius 3 is 2.44 bits per heavy atom. The van der Waals surface area contributed by atoms with Crippen molar-refractivity contribution in [2.75, 3.05) is 11.9 Å². The monoisotopic (exact) mass is 386 g/mol. The molecule has 2 aromatic heterocycles. The second-order valence-electron chi connectivity index (χ2n) is 6.08. The zero-order valence-electron chi connectivity index (χ0n) is 14.5. The first-order valence-corrected chi connectivity index (χ1v) is 10.5. The highest BCUT2D eigenvalue weighted by molar-refractivity contribution is 7.80. The van der Waals surface area contributed by atoms with Crippen LogP contribution in [-0.4, -0.2) is 16.6 Å². The molecular weight excluding hydrogens is 364 g/mol. The van der Waals surface area contributed by atoms with Gasteiger partial charge >= 0.3 is 0 Å². The van der Waals surface area contributed by atoms with Gasteiger partial charge in [-0.3, -0.25) is 0 Å². The van der Waals surface area contributed by atoms with E-state index < -0.39 is 0 Å². The molecule has 25 heavy (non-hydrogen) atoms. The molecule has 0 saturated carbocycles. The first-order valence-electron chi connectivity index (χ1n) is 8.30. The van der Waals surface area contributed by atoms with E-state index in [1.54, 1.807) is 22.7 Å². The maximum atomic E-state index is 5.75. The van der Waals surface area contributed by atoms with Crippen LogP contribution in [0.3, 0.4) is 0 Å². The molecule has 0 bridgehead atoms. The van der Waals surface area contributed by atoms with Crippen molar-refractivity contribution in [2.45, 2.75) is 26.8 Å². The molecule has 0 aliphatic heterocycles. The molecule has 0 saturated heterocycles. The number of hydrogen-bond donors (Lipinski definition) is 1. The number of aryl methyl sites for hydroxylation is 2. The largest absolute Gasteiger partial charge is 0.344 e. The van der Waals surface area contributed by atoms with Crippen molar-refractivity contribution >= 4 is 45.7 Å². The standard InChI is InChI=1S/C20H22N2S3/c1-15-7-8-16(2)19(13-15)21-20(23)22(14-18-6-4-12-25-18)10-9-17-5-3-11-24-17/h3-8,11-13H,9-10,14H2,1-2H3,(H,21,23). The molecule has 0 unspecified atom stereocenters. The first kappa shape index (κ1) is 18.1. The van der Waals surface area contributed by atoms with Crippen LogP contribution >= 0.6 is 34.9 Å². The van der Waals surface area contributed by atoms with E-state index in [0.29, 0.717) is 0 Å². The lowest BCUT2D eigenvalue weighted by molar-refractivity contribution is 0.428. The smallest absolute Gasteiger partial charge is 0.173 e. The van der Waals surface area contributed by atoms with Crippen LogP contribution in [0.5, 0.6) is 0 Å². The van der Waals surface area contributed by atoms with E-state index in [2.05, 4.69) is 77.3 Å². The van der Waals surface area contributed by atoms with E-state index in [1.165, 1.54) is 20.9 Å². The third-order valence-corrected chi connectivity index (χ3v) is 6.21. The van der Waals surface area contributed by atoms with Crippen LogP contribution in [0, 0.1) is 13.8 Å². The summed E-state index contributed by atoms with van der Waals surface area (Å²) in [6, 6.07) is 15.0. The van der Waals surface area contributed by atoms with E-state index in [-0.39, 0.29) is 0 Å². The van der Waals surface area contributed by atoms with Crippen LogP contribution in [0.2, 0.25) is 0 Å². The second kappa shape index (κ2) is 8.61. The molecule has 0 aliphatic rings. The van der Waals surface area contributed by atoms with Gasteiger partial charge in [0.1, 0.15) is 0 Å². The number of thiocarbonyl (C=S) groups is 1. The molecule has 2 nitrogen and oxygen atoms in total. The number of hydrogen-bond acceptors (Lipinski definition) is 3. The van der Waals surface area contributed by atoms with E-state index >= 15 is 0 Å². The van der Waals surface area contributed by atoms with Crippen LogP contribution in [0.15, 0.2) is 53.2 Å². The van der Waals surface area contributed by atoms with E-state index in [4.69, 9.17) is 12.2 Å². The average Bonchev–Trinajstić information content (AvgIpc) is 3.28. The predicted molar refractivity (Wildman–Crippen MR) is 115 cm³/mol. The minimum Gasteiger partial charge on any atom is -0.344 e. The summed E-state index contributed by atoms with van der Waals surface area (Å²) in [6.07, 6.45) is 1.01. The van der Waals surface area contributed by atoms with Crippen molar-refractivity contribution in [1.82, 2.24) is 4.90 Å². The number of nitrogens with one attached hydrogen (secondary N) is 1. The number of nitrogens with zero attached hydrogens (tertiary/aromatic N) is 1. The molecule has 0 spiro atoms. The molecule has 0 aliphatic carbocycles. The second-order valence-corrected chi connectivity index (χ2v) is 8.53. The maximum Gasteiger partial charge on any atom is 0.173 e. The molecule has 0 amide bonds. The number of thiophene rings is 2. The van der Waals surface area contributed by atoms with Gasteiger partial charge in [0.2, 0.25) is 0 Å². The average molecular weight is 387 g/mol. The topological polar surface area (TPSA) is 15.3 Å². The van der Waals surface area contributed by atoms with E-state index in [0.717, 1.165) is 30.3 Å².